The zero-order valence-electron chi connectivity index (χ0n) is 19.5. The van der Waals surface area contributed by atoms with Crippen LogP contribution in [0.1, 0.15) is 66.4 Å². The van der Waals surface area contributed by atoms with Crippen LogP contribution < -0.4 is 0 Å². The molecule has 164 valence electrons. The van der Waals surface area contributed by atoms with Crippen LogP contribution in [0.2, 0.25) is 0 Å². The highest BCUT2D eigenvalue weighted by atomic mass is 16.6. The van der Waals surface area contributed by atoms with E-state index in [0.29, 0.717) is 32.4 Å². The Morgan fingerprint density at radius 1 is 0.931 bits per heavy atom. The SMILES string of the molecule is CCC(C)(CCC(C)(C)C(=O)OC(C)(C)c1ccccc1)C(=O)OCCN(C)C. The van der Waals surface area contributed by atoms with Crippen LogP contribution in [-0.2, 0) is 24.7 Å². The Morgan fingerprint density at radius 3 is 2.03 bits per heavy atom. The Kier molecular flexibility index (Phi) is 8.88. The first-order valence-electron chi connectivity index (χ1n) is 10.4. The smallest absolute Gasteiger partial charge is 0.312 e. The van der Waals surface area contributed by atoms with Crippen molar-refractivity contribution in [2.24, 2.45) is 10.8 Å². The molecular formula is C24H39NO4. The summed E-state index contributed by atoms with van der Waals surface area (Å²) in [4.78, 5) is 27.5. The summed E-state index contributed by atoms with van der Waals surface area (Å²) in [5.41, 5.74) is -1.08. The lowest BCUT2D eigenvalue weighted by Gasteiger charge is -2.33. The number of benzene rings is 1. The van der Waals surface area contributed by atoms with Gasteiger partial charge in [-0.15, -0.1) is 0 Å². The third-order valence-electron chi connectivity index (χ3n) is 5.72. The van der Waals surface area contributed by atoms with Gasteiger partial charge < -0.3 is 14.4 Å². The molecule has 0 aromatic heterocycles. The summed E-state index contributed by atoms with van der Waals surface area (Å²) in [7, 11) is 3.88. The molecule has 0 aliphatic carbocycles. The molecule has 29 heavy (non-hydrogen) atoms. The molecule has 1 unspecified atom stereocenters. The Hall–Kier alpha value is -1.88. The summed E-state index contributed by atoms with van der Waals surface area (Å²) in [6, 6.07) is 9.72. The molecule has 0 fully saturated rings. The van der Waals surface area contributed by atoms with Crippen LogP contribution in [0.15, 0.2) is 30.3 Å². The third-order valence-corrected chi connectivity index (χ3v) is 5.72. The third kappa shape index (κ3) is 7.46. The van der Waals surface area contributed by atoms with Gasteiger partial charge in [0, 0.05) is 6.54 Å². The number of esters is 2. The fraction of sp³-hybridized carbons (Fsp3) is 0.667. The largest absolute Gasteiger partial charge is 0.464 e. The molecule has 0 bridgehead atoms. The van der Waals surface area contributed by atoms with Gasteiger partial charge in [0.2, 0.25) is 0 Å². The highest BCUT2D eigenvalue weighted by Gasteiger charge is 2.39. The maximum Gasteiger partial charge on any atom is 0.312 e. The maximum atomic E-state index is 12.9. The minimum absolute atomic E-state index is 0.198. The number of carbonyl (C=O) groups excluding carboxylic acids is 2. The predicted molar refractivity (Wildman–Crippen MR) is 116 cm³/mol. The zero-order chi connectivity index (χ0) is 22.3. The lowest BCUT2D eigenvalue weighted by Crippen LogP contribution is -2.37. The monoisotopic (exact) mass is 405 g/mol. The Balaban J connectivity index is 2.73. The van der Waals surface area contributed by atoms with Crippen molar-refractivity contribution >= 4 is 11.9 Å². The normalized spacial score (nSPS) is 14.4. The molecule has 0 amide bonds. The van der Waals surface area contributed by atoms with E-state index in [0.717, 1.165) is 5.56 Å². The second kappa shape index (κ2) is 10.2. The number of hydrogen-bond donors (Lipinski definition) is 0. The summed E-state index contributed by atoms with van der Waals surface area (Å²) in [5, 5.41) is 0. The molecule has 5 heteroatoms. The highest BCUT2D eigenvalue weighted by Crippen LogP contribution is 2.37. The maximum absolute atomic E-state index is 12.9. The Labute approximate surface area is 176 Å². The van der Waals surface area contributed by atoms with Gasteiger partial charge in [0.05, 0.1) is 10.8 Å². The van der Waals surface area contributed by atoms with E-state index in [1.54, 1.807) is 0 Å². The summed E-state index contributed by atoms with van der Waals surface area (Å²) in [6.45, 7) is 12.5. The second-order valence-corrected chi connectivity index (χ2v) is 9.50. The van der Waals surface area contributed by atoms with Crippen LogP contribution >= 0.6 is 0 Å². The first kappa shape index (κ1) is 25.2. The van der Waals surface area contributed by atoms with Gasteiger partial charge in [-0.3, -0.25) is 9.59 Å². The standard InChI is InChI=1S/C24H39NO4/c1-9-24(6,21(27)28-18-17-25(7)8)16-15-22(2,3)20(26)29-23(4,5)19-13-11-10-12-14-19/h10-14H,9,15-18H2,1-8H3. The molecular weight excluding hydrogens is 366 g/mol. The molecule has 0 spiro atoms. The van der Waals surface area contributed by atoms with Gasteiger partial charge in [0.25, 0.3) is 0 Å². The van der Waals surface area contributed by atoms with Crippen molar-refractivity contribution in [1.29, 1.82) is 0 Å². The fourth-order valence-electron chi connectivity index (χ4n) is 2.88. The van der Waals surface area contributed by atoms with Gasteiger partial charge in [0.15, 0.2) is 0 Å². The topological polar surface area (TPSA) is 55.8 Å². The lowest BCUT2D eigenvalue weighted by atomic mass is 9.76. The second-order valence-electron chi connectivity index (χ2n) is 9.50. The first-order chi connectivity index (χ1) is 13.3. The predicted octanol–water partition coefficient (Wildman–Crippen LogP) is 4.79. The fourth-order valence-corrected chi connectivity index (χ4v) is 2.88. The van der Waals surface area contributed by atoms with Gasteiger partial charge >= 0.3 is 11.9 Å². The van der Waals surface area contributed by atoms with Crippen LogP contribution in [0, 0.1) is 10.8 Å². The van der Waals surface area contributed by atoms with Gasteiger partial charge in [-0.25, -0.2) is 0 Å². The molecule has 0 radical (unpaired) electrons. The average molecular weight is 406 g/mol. The highest BCUT2D eigenvalue weighted by molar-refractivity contribution is 5.78. The summed E-state index contributed by atoms with van der Waals surface area (Å²) < 4.78 is 11.4. The molecule has 1 aromatic rings. The summed E-state index contributed by atoms with van der Waals surface area (Å²) in [6.07, 6.45) is 1.77. The molecule has 1 rings (SSSR count). The van der Waals surface area contributed by atoms with E-state index < -0.39 is 16.4 Å². The van der Waals surface area contributed by atoms with E-state index in [-0.39, 0.29) is 11.9 Å². The first-order valence-corrected chi connectivity index (χ1v) is 10.4. The lowest BCUT2D eigenvalue weighted by molar-refractivity contribution is -0.170. The van der Waals surface area contributed by atoms with E-state index in [1.807, 2.05) is 90.9 Å². The van der Waals surface area contributed by atoms with Crippen LogP contribution in [0.5, 0.6) is 0 Å². The number of hydrogen-bond acceptors (Lipinski definition) is 5. The van der Waals surface area contributed by atoms with E-state index in [1.165, 1.54) is 0 Å². The Morgan fingerprint density at radius 2 is 1.52 bits per heavy atom. The van der Waals surface area contributed by atoms with Gasteiger partial charge in [-0.05, 0) is 73.5 Å². The van der Waals surface area contributed by atoms with Gasteiger partial charge in [-0.2, -0.15) is 0 Å². The molecule has 1 aromatic carbocycles. The zero-order valence-corrected chi connectivity index (χ0v) is 19.5. The van der Waals surface area contributed by atoms with Crippen molar-refractivity contribution in [2.45, 2.75) is 66.4 Å². The van der Waals surface area contributed by atoms with E-state index in [2.05, 4.69) is 0 Å². The minimum atomic E-state index is -0.714. The minimum Gasteiger partial charge on any atom is -0.464 e. The van der Waals surface area contributed by atoms with Crippen LogP contribution in [0.4, 0.5) is 0 Å². The molecule has 0 saturated carbocycles. The Bertz CT molecular complexity index is 667. The molecule has 5 nitrogen and oxygen atoms in total. The molecule has 1 atom stereocenters. The van der Waals surface area contributed by atoms with Crippen molar-refractivity contribution in [3.63, 3.8) is 0 Å². The summed E-state index contributed by atoms with van der Waals surface area (Å²) >= 11 is 0. The van der Waals surface area contributed by atoms with Crippen molar-refractivity contribution in [3.05, 3.63) is 35.9 Å². The van der Waals surface area contributed by atoms with E-state index >= 15 is 0 Å². The van der Waals surface area contributed by atoms with Gasteiger partial charge in [0.1, 0.15) is 12.2 Å². The summed E-state index contributed by atoms with van der Waals surface area (Å²) in [5.74, 6) is -0.457. The molecule has 0 aliphatic rings. The van der Waals surface area contributed by atoms with Crippen molar-refractivity contribution in [2.75, 3.05) is 27.2 Å². The molecule has 0 N–H and O–H groups in total. The van der Waals surface area contributed by atoms with Crippen LogP contribution in [0.3, 0.4) is 0 Å². The van der Waals surface area contributed by atoms with Crippen molar-refractivity contribution in [3.8, 4) is 0 Å². The quantitative estimate of drug-likeness (QED) is 0.495. The molecule has 0 saturated heterocycles. The van der Waals surface area contributed by atoms with Crippen molar-refractivity contribution in [1.82, 2.24) is 4.90 Å². The number of rotatable bonds is 11. The number of nitrogens with zero attached hydrogens (tertiary/aromatic N) is 1. The van der Waals surface area contributed by atoms with Crippen molar-refractivity contribution < 1.29 is 19.1 Å². The average Bonchev–Trinajstić information content (AvgIpc) is 2.66. The molecule has 0 aliphatic heterocycles. The number of ether oxygens (including phenoxy) is 2. The number of carbonyl (C=O) groups is 2. The van der Waals surface area contributed by atoms with Crippen LogP contribution in [0.25, 0.3) is 0 Å². The van der Waals surface area contributed by atoms with E-state index in [4.69, 9.17) is 9.47 Å². The van der Waals surface area contributed by atoms with Crippen LogP contribution in [-0.4, -0.2) is 44.1 Å². The van der Waals surface area contributed by atoms with Gasteiger partial charge in [-0.1, -0.05) is 37.3 Å². The van der Waals surface area contributed by atoms with E-state index in [9.17, 15) is 9.59 Å². The molecule has 0 heterocycles. The number of likely N-dealkylation sites (N-methyl/N-ethyl adjacent to an activating group) is 1.